The van der Waals surface area contributed by atoms with Crippen molar-refractivity contribution in [2.45, 2.75) is 188 Å². The highest BCUT2D eigenvalue weighted by atomic mass is 16.7. The summed E-state index contributed by atoms with van der Waals surface area (Å²) in [6.07, 6.45) is 43.2. The highest BCUT2D eigenvalue weighted by molar-refractivity contribution is 5.81. The van der Waals surface area contributed by atoms with Gasteiger partial charge in [-0.2, -0.15) is 0 Å². The van der Waals surface area contributed by atoms with Crippen molar-refractivity contribution in [1.82, 2.24) is 0 Å². The third-order valence-electron chi connectivity index (χ3n) is 7.87. The molecule has 0 saturated carbocycles. The van der Waals surface area contributed by atoms with Crippen LogP contribution in [0.1, 0.15) is 188 Å². The minimum atomic E-state index is -0.838. The summed E-state index contributed by atoms with van der Waals surface area (Å²) in [5.74, 6) is 0.390. The number of allylic oxidation sites excluding steroid dienone is 6. The number of hydrogen-bond donors (Lipinski definition) is 0. The third kappa shape index (κ3) is 36.3. The zero-order valence-corrected chi connectivity index (χ0v) is 28.8. The summed E-state index contributed by atoms with van der Waals surface area (Å²) in [6.45, 7) is 7.13. The maximum absolute atomic E-state index is 11.8. The van der Waals surface area contributed by atoms with Crippen LogP contribution >= 0.6 is 0 Å². The lowest BCUT2D eigenvalue weighted by atomic mass is 10.0. The van der Waals surface area contributed by atoms with E-state index in [-0.39, 0.29) is 6.42 Å². The summed E-state index contributed by atoms with van der Waals surface area (Å²) in [5, 5.41) is 0. The van der Waals surface area contributed by atoms with Crippen LogP contribution in [0, 0.1) is 5.92 Å². The predicted molar refractivity (Wildman–Crippen MR) is 185 cm³/mol. The van der Waals surface area contributed by atoms with Crippen LogP contribution in [0.2, 0.25) is 0 Å². The van der Waals surface area contributed by atoms with Crippen molar-refractivity contribution in [2.24, 2.45) is 5.92 Å². The van der Waals surface area contributed by atoms with Crippen molar-refractivity contribution in [2.75, 3.05) is 6.61 Å². The highest BCUT2D eigenvalue weighted by Gasteiger charge is 2.11. The van der Waals surface area contributed by atoms with E-state index in [2.05, 4.69) is 57.2 Å². The van der Waals surface area contributed by atoms with E-state index in [9.17, 15) is 9.59 Å². The van der Waals surface area contributed by atoms with Crippen LogP contribution in [-0.2, 0) is 14.3 Å². The van der Waals surface area contributed by atoms with Gasteiger partial charge in [0.15, 0.2) is 0 Å². The Morgan fingerprint density at radius 3 is 1.51 bits per heavy atom. The van der Waals surface area contributed by atoms with Gasteiger partial charge in [0.2, 0.25) is 0 Å². The molecule has 4 heteroatoms. The smallest absolute Gasteiger partial charge is 0.434 e. The lowest BCUT2D eigenvalue weighted by Crippen LogP contribution is -2.14. The number of esters is 1. The van der Waals surface area contributed by atoms with E-state index >= 15 is 0 Å². The Morgan fingerprint density at radius 1 is 0.535 bits per heavy atom. The molecule has 0 aliphatic heterocycles. The number of hydrogen-bond acceptors (Lipinski definition) is 4. The van der Waals surface area contributed by atoms with E-state index in [1.165, 1.54) is 96.3 Å². The number of carbonyl (C=O) groups excluding carboxylic acids is 2. The van der Waals surface area contributed by atoms with Gasteiger partial charge in [-0.1, -0.05) is 173 Å². The molecule has 0 radical (unpaired) electrons. The summed E-state index contributed by atoms with van der Waals surface area (Å²) in [7, 11) is 0. The largest absolute Gasteiger partial charge is 0.516 e. The zero-order valence-electron chi connectivity index (χ0n) is 28.8. The Hall–Kier alpha value is -1.84. The normalized spacial score (nSPS) is 11.9. The van der Waals surface area contributed by atoms with E-state index in [4.69, 9.17) is 9.47 Å². The van der Waals surface area contributed by atoms with Crippen molar-refractivity contribution in [3.63, 3.8) is 0 Å². The predicted octanol–water partition coefficient (Wildman–Crippen LogP) is 13.2. The SMILES string of the molecule is CC/C=C\C/C=C\C/C=C\CCCCCCCC(=O)OC(=O)OCCCCCCCCCCCCCCCCCC(C)C. The minimum absolute atomic E-state index is 0.285. The molecule has 0 fully saturated rings. The fourth-order valence-electron chi connectivity index (χ4n) is 5.17. The summed E-state index contributed by atoms with van der Waals surface area (Å²) >= 11 is 0. The van der Waals surface area contributed by atoms with Crippen molar-refractivity contribution >= 4 is 12.1 Å². The average molecular weight is 603 g/mol. The Balaban J connectivity index is 3.34. The molecule has 0 bridgehead atoms. The second-order valence-corrected chi connectivity index (χ2v) is 12.7. The number of unbranched alkanes of at least 4 members (excludes halogenated alkanes) is 19. The Kier molecular flexibility index (Phi) is 33.2. The van der Waals surface area contributed by atoms with Gasteiger partial charge in [0.1, 0.15) is 0 Å². The molecule has 0 aromatic heterocycles. The van der Waals surface area contributed by atoms with E-state index in [1.54, 1.807) is 0 Å². The van der Waals surface area contributed by atoms with Gasteiger partial charge in [0.05, 0.1) is 6.61 Å². The summed E-state index contributed by atoms with van der Waals surface area (Å²) in [6, 6.07) is 0. The Morgan fingerprint density at radius 2 is 0.977 bits per heavy atom. The quantitative estimate of drug-likeness (QED) is 0.0343. The molecule has 0 amide bonds. The van der Waals surface area contributed by atoms with Crippen molar-refractivity contribution in [3.05, 3.63) is 36.5 Å². The van der Waals surface area contributed by atoms with Gasteiger partial charge in [-0.3, -0.25) is 4.79 Å². The second kappa shape index (κ2) is 34.6. The summed E-state index contributed by atoms with van der Waals surface area (Å²) in [5.41, 5.74) is 0. The number of rotatable bonds is 31. The fraction of sp³-hybridized carbons (Fsp3) is 0.795. The van der Waals surface area contributed by atoms with Crippen LogP contribution in [0.3, 0.4) is 0 Å². The first-order valence-corrected chi connectivity index (χ1v) is 18.4. The second-order valence-electron chi connectivity index (χ2n) is 12.7. The standard InChI is InChI=1S/C39H70O4/c1-4-5-6-7-8-9-10-11-13-17-20-23-26-29-32-35-38(40)43-39(41)42-36-33-30-27-24-21-18-15-12-14-16-19-22-25-28-31-34-37(2)3/h5-6,8-9,11,13,37H,4,7,10,12,14-36H2,1-3H3/b6-5-,9-8-,13-11-. The molecule has 4 nitrogen and oxygen atoms in total. The average Bonchev–Trinajstić information content (AvgIpc) is 2.98. The first-order valence-electron chi connectivity index (χ1n) is 18.4. The molecule has 0 aromatic rings. The van der Waals surface area contributed by atoms with Gasteiger partial charge < -0.3 is 9.47 Å². The van der Waals surface area contributed by atoms with Crippen LogP contribution in [-0.4, -0.2) is 18.7 Å². The van der Waals surface area contributed by atoms with Crippen LogP contribution in [0.25, 0.3) is 0 Å². The Bertz CT molecular complexity index is 691. The number of carbonyl (C=O) groups is 2. The van der Waals surface area contributed by atoms with Gasteiger partial charge in [-0.15, -0.1) is 0 Å². The molecule has 0 unspecified atom stereocenters. The van der Waals surface area contributed by atoms with Gasteiger partial charge >= 0.3 is 12.1 Å². The third-order valence-corrected chi connectivity index (χ3v) is 7.87. The molecule has 0 saturated heterocycles. The van der Waals surface area contributed by atoms with Crippen molar-refractivity contribution in [1.29, 1.82) is 0 Å². The first kappa shape index (κ1) is 41.2. The Labute approximate surface area is 267 Å². The summed E-state index contributed by atoms with van der Waals surface area (Å²) < 4.78 is 9.86. The lowest BCUT2D eigenvalue weighted by molar-refractivity contribution is -0.139. The molecule has 0 aliphatic carbocycles. The van der Waals surface area contributed by atoms with Crippen LogP contribution < -0.4 is 0 Å². The molecular weight excluding hydrogens is 532 g/mol. The van der Waals surface area contributed by atoms with Crippen LogP contribution in [0.4, 0.5) is 4.79 Å². The van der Waals surface area contributed by atoms with Crippen molar-refractivity contribution < 1.29 is 19.1 Å². The fourth-order valence-corrected chi connectivity index (χ4v) is 5.17. The zero-order chi connectivity index (χ0) is 31.5. The van der Waals surface area contributed by atoms with Gasteiger partial charge in [0, 0.05) is 6.42 Å². The highest BCUT2D eigenvalue weighted by Crippen LogP contribution is 2.15. The first-order chi connectivity index (χ1) is 21.1. The molecule has 43 heavy (non-hydrogen) atoms. The van der Waals surface area contributed by atoms with E-state index in [0.29, 0.717) is 6.61 Å². The molecule has 250 valence electrons. The van der Waals surface area contributed by atoms with Gasteiger partial charge in [-0.05, 0) is 50.9 Å². The maximum atomic E-state index is 11.8. The van der Waals surface area contributed by atoms with E-state index < -0.39 is 12.1 Å². The minimum Gasteiger partial charge on any atom is -0.434 e. The molecule has 0 spiro atoms. The molecule has 0 aliphatic rings. The monoisotopic (exact) mass is 603 g/mol. The van der Waals surface area contributed by atoms with Gasteiger partial charge in [0.25, 0.3) is 0 Å². The lowest BCUT2D eigenvalue weighted by Gasteiger charge is -2.06. The molecule has 0 rings (SSSR count). The maximum Gasteiger partial charge on any atom is 0.516 e. The molecule has 0 atom stereocenters. The molecular formula is C39H70O4. The van der Waals surface area contributed by atoms with Crippen LogP contribution in [0.15, 0.2) is 36.5 Å². The number of ether oxygens (including phenoxy) is 2. The molecule has 0 heterocycles. The van der Waals surface area contributed by atoms with Gasteiger partial charge in [-0.25, -0.2) is 4.79 Å². The van der Waals surface area contributed by atoms with Crippen LogP contribution in [0.5, 0.6) is 0 Å². The van der Waals surface area contributed by atoms with E-state index in [0.717, 1.165) is 70.1 Å². The van der Waals surface area contributed by atoms with Crippen molar-refractivity contribution in [3.8, 4) is 0 Å². The molecule has 0 aromatic carbocycles. The summed E-state index contributed by atoms with van der Waals surface area (Å²) in [4.78, 5) is 23.6. The molecule has 0 N–H and O–H groups in total. The topological polar surface area (TPSA) is 52.6 Å². The van der Waals surface area contributed by atoms with E-state index in [1.807, 2.05) is 0 Å².